The largest absolute Gasteiger partial charge is 2.00 e. The minimum atomic E-state index is 0. The molecule has 0 aromatic heterocycles. The maximum Gasteiger partial charge on any atom is 2.00 e. The molecule has 0 rings (SSSR count). The number of rotatable bonds is 0. The topological polar surface area (TPSA) is 0 Å². The molecule has 5 heavy (non-hydrogen) atoms. The Kier molecular flexibility index (Phi) is 294. The molecule has 5 heteroatoms. The molecule has 0 unspecified atom stereocenters. The van der Waals surface area contributed by atoms with E-state index in [9.17, 15) is 0 Å². The van der Waals surface area contributed by atoms with Crippen molar-refractivity contribution >= 4 is 0 Å². The average molecular weight is 289 g/mol. The summed E-state index contributed by atoms with van der Waals surface area (Å²) in [6.07, 6.45) is 0. The van der Waals surface area contributed by atoms with E-state index in [2.05, 4.69) is 0 Å². The minimum absolute atomic E-state index is 0. The molecule has 0 amide bonds. The van der Waals surface area contributed by atoms with Crippen LogP contribution in [0.2, 0.25) is 0 Å². The zero-order chi connectivity index (χ0) is 0. The third kappa shape index (κ3) is 20.5. The van der Waals surface area contributed by atoms with Crippen LogP contribution >= 0.6 is 0 Å². The molecular formula is Cl3Zr2-. The molecule has 0 saturated carbocycles. The zero-order valence-corrected chi connectivity index (χ0v) is 9.32. The van der Waals surface area contributed by atoms with Gasteiger partial charge in [-0.3, -0.25) is 0 Å². The Labute approximate surface area is 88.3 Å². The standard InChI is InChI=1S/3ClH.2Zr/h3*1H;;/q;;;;+2/p-3. The molecule has 0 aromatic rings. The fourth-order valence-electron chi connectivity index (χ4n) is 0. The summed E-state index contributed by atoms with van der Waals surface area (Å²) in [5.74, 6) is 0. The van der Waals surface area contributed by atoms with Crippen molar-refractivity contribution in [2.75, 3.05) is 0 Å². The molecular weight excluding hydrogens is 289 g/mol. The summed E-state index contributed by atoms with van der Waals surface area (Å²) in [7, 11) is 0. The van der Waals surface area contributed by atoms with Gasteiger partial charge in [0.05, 0.1) is 0 Å². The molecule has 0 aliphatic carbocycles. The van der Waals surface area contributed by atoms with Crippen molar-refractivity contribution in [1.29, 1.82) is 0 Å². The van der Waals surface area contributed by atoms with E-state index >= 15 is 0 Å². The Morgan fingerprint density at radius 2 is 0.600 bits per heavy atom. The number of hydrogen-bond acceptors (Lipinski definition) is 0. The van der Waals surface area contributed by atoms with Crippen molar-refractivity contribution in [3.05, 3.63) is 0 Å². The Morgan fingerprint density at radius 3 is 0.600 bits per heavy atom. The first-order valence-electron chi connectivity index (χ1n) is 0. The average Bonchev–Trinajstić information content (AvgIpc) is 0. The molecule has 0 heterocycles. The number of halogens is 3. The summed E-state index contributed by atoms with van der Waals surface area (Å²) in [5, 5.41) is 0. The zero-order valence-electron chi connectivity index (χ0n) is 2.13. The Morgan fingerprint density at radius 1 is 0.600 bits per heavy atom. The van der Waals surface area contributed by atoms with Gasteiger partial charge in [0.25, 0.3) is 0 Å². The van der Waals surface area contributed by atoms with Crippen LogP contribution in [-0.4, -0.2) is 0 Å². The Bertz CT molecular complexity index is 4.85. The summed E-state index contributed by atoms with van der Waals surface area (Å²) < 4.78 is 0. The van der Waals surface area contributed by atoms with Crippen molar-refractivity contribution in [3.63, 3.8) is 0 Å². The van der Waals surface area contributed by atoms with Gasteiger partial charge in [-0.15, -0.1) is 0 Å². The molecule has 0 aliphatic rings. The van der Waals surface area contributed by atoms with E-state index in [1.54, 1.807) is 0 Å². The fraction of sp³-hybridized carbons (Fsp3) is 0. The number of hydrogen-bond donors (Lipinski definition) is 0. The van der Waals surface area contributed by atoms with E-state index in [0.29, 0.717) is 0 Å². The van der Waals surface area contributed by atoms with Crippen LogP contribution in [0.1, 0.15) is 0 Å². The van der Waals surface area contributed by atoms with Gasteiger partial charge in [0, 0.05) is 26.2 Å². The summed E-state index contributed by atoms with van der Waals surface area (Å²) in [6.45, 7) is 0. The molecule has 0 spiro atoms. The molecule has 0 atom stereocenters. The van der Waals surface area contributed by atoms with Gasteiger partial charge in [0.15, 0.2) is 0 Å². The third-order valence-corrected chi connectivity index (χ3v) is 0. The maximum atomic E-state index is 0. The van der Waals surface area contributed by atoms with E-state index in [4.69, 9.17) is 0 Å². The van der Waals surface area contributed by atoms with Crippen LogP contribution in [0.15, 0.2) is 0 Å². The van der Waals surface area contributed by atoms with E-state index in [0.717, 1.165) is 0 Å². The predicted octanol–water partition coefficient (Wildman–Crippen LogP) is -8.99. The van der Waals surface area contributed by atoms with E-state index in [1.807, 2.05) is 0 Å². The Hall–Kier alpha value is 2.64. The first kappa shape index (κ1) is 48.4. The van der Waals surface area contributed by atoms with Crippen LogP contribution in [-0.2, 0) is 52.4 Å². The van der Waals surface area contributed by atoms with E-state index < -0.39 is 0 Å². The molecule has 0 fully saturated rings. The normalized spacial score (nSPS) is 0. The van der Waals surface area contributed by atoms with Crippen LogP contribution < -0.4 is 37.2 Å². The fourth-order valence-corrected chi connectivity index (χ4v) is 0. The van der Waals surface area contributed by atoms with Gasteiger partial charge in [0.2, 0.25) is 0 Å². The van der Waals surface area contributed by atoms with Gasteiger partial charge in [-0.05, 0) is 0 Å². The first-order chi connectivity index (χ1) is 0. The summed E-state index contributed by atoms with van der Waals surface area (Å²) in [6, 6.07) is 0. The van der Waals surface area contributed by atoms with Crippen molar-refractivity contribution in [2.24, 2.45) is 0 Å². The summed E-state index contributed by atoms with van der Waals surface area (Å²) in [4.78, 5) is 0. The van der Waals surface area contributed by atoms with Gasteiger partial charge < -0.3 is 37.2 Å². The second-order valence-corrected chi connectivity index (χ2v) is 0. The van der Waals surface area contributed by atoms with Crippen LogP contribution in [0.25, 0.3) is 0 Å². The maximum absolute atomic E-state index is 0. The van der Waals surface area contributed by atoms with Crippen LogP contribution in [0.4, 0.5) is 0 Å². The van der Waals surface area contributed by atoms with Crippen molar-refractivity contribution in [2.45, 2.75) is 0 Å². The monoisotopic (exact) mass is 285 g/mol. The predicted molar refractivity (Wildman–Crippen MR) is 0 cm³/mol. The van der Waals surface area contributed by atoms with Crippen LogP contribution in [0, 0.1) is 0 Å². The van der Waals surface area contributed by atoms with Crippen molar-refractivity contribution in [1.82, 2.24) is 0 Å². The SMILES string of the molecule is [Cl-].[Cl-].[Cl-].[Zr+2].[Zr]. The van der Waals surface area contributed by atoms with Gasteiger partial charge in [-0.25, -0.2) is 0 Å². The molecule has 30 valence electrons. The van der Waals surface area contributed by atoms with Crippen molar-refractivity contribution in [3.8, 4) is 0 Å². The van der Waals surface area contributed by atoms with E-state index in [-0.39, 0.29) is 89.6 Å². The van der Waals surface area contributed by atoms with Gasteiger partial charge >= 0.3 is 26.2 Å². The van der Waals surface area contributed by atoms with Gasteiger partial charge in [0.1, 0.15) is 0 Å². The molecule has 0 radical (unpaired) electrons. The quantitative estimate of drug-likeness (QED) is 0.415. The summed E-state index contributed by atoms with van der Waals surface area (Å²) in [5.41, 5.74) is 0. The first-order valence-corrected chi connectivity index (χ1v) is 0. The van der Waals surface area contributed by atoms with Crippen LogP contribution in [0.5, 0.6) is 0 Å². The van der Waals surface area contributed by atoms with Crippen LogP contribution in [0.3, 0.4) is 0 Å². The minimum Gasteiger partial charge on any atom is -1.00 e. The second kappa shape index (κ2) is 30.3. The molecule has 0 nitrogen and oxygen atoms in total. The van der Waals surface area contributed by atoms with Gasteiger partial charge in [-0.2, -0.15) is 0 Å². The molecule has 0 saturated heterocycles. The molecule has 0 aliphatic heterocycles. The summed E-state index contributed by atoms with van der Waals surface area (Å²) >= 11 is 0. The van der Waals surface area contributed by atoms with Crippen molar-refractivity contribution < 1.29 is 89.6 Å². The third-order valence-electron chi connectivity index (χ3n) is 0. The second-order valence-electron chi connectivity index (χ2n) is 0. The molecule has 0 N–H and O–H groups in total. The molecule has 0 aromatic carbocycles. The van der Waals surface area contributed by atoms with E-state index in [1.165, 1.54) is 0 Å². The molecule has 0 bridgehead atoms. The van der Waals surface area contributed by atoms with Gasteiger partial charge in [-0.1, -0.05) is 0 Å². The Balaban J connectivity index is 0. The smallest absolute Gasteiger partial charge is 1.00 e.